The molecule has 0 amide bonds. The van der Waals surface area contributed by atoms with Crippen LogP contribution < -0.4 is 10.5 Å². The number of para-hydroxylation sites is 1. The van der Waals surface area contributed by atoms with E-state index in [4.69, 9.17) is 20.6 Å². The van der Waals surface area contributed by atoms with Gasteiger partial charge < -0.3 is 15.2 Å². The van der Waals surface area contributed by atoms with E-state index in [1.807, 2.05) is 45.0 Å². The van der Waals surface area contributed by atoms with Crippen molar-refractivity contribution in [2.24, 2.45) is 5.73 Å². The van der Waals surface area contributed by atoms with E-state index in [9.17, 15) is 0 Å². The third kappa shape index (κ3) is 4.16. The number of nitrogen functional groups attached to an aromatic ring is 1. The molecule has 2 aromatic rings. The largest absolute Gasteiger partial charge is 0.475 e. The summed E-state index contributed by atoms with van der Waals surface area (Å²) in [7, 11) is 0. The molecule has 0 aliphatic carbocycles. The van der Waals surface area contributed by atoms with E-state index in [2.05, 4.69) is 4.98 Å². The Balaban J connectivity index is 2.15. The second-order valence-corrected chi connectivity index (χ2v) is 5.75. The van der Waals surface area contributed by atoms with Gasteiger partial charge in [-0.1, -0.05) is 18.2 Å². The second kappa shape index (κ2) is 6.10. The van der Waals surface area contributed by atoms with Crippen molar-refractivity contribution in [3.05, 3.63) is 35.9 Å². The highest BCUT2D eigenvalue weighted by atomic mass is 16.5. The van der Waals surface area contributed by atoms with Crippen molar-refractivity contribution in [1.82, 2.24) is 4.98 Å². The molecule has 0 bridgehead atoms. The van der Waals surface area contributed by atoms with Gasteiger partial charge >= 0.3 is 0 Å². The van der Waals surface area contributed by atoms with Crippen LogP contribution in [0.25, 0.3) is 10.9 Å². The highest BCUT2D eigenvalue weighted by Gasteiger charge is 2.11. The Morgan fingerprint density at radius 2 is 1.95 bits per heavy atom. The van der Waals surface area contributed by atoms with E-state index < -0.39 is 0 Å². The van der Waals surface area contributed by atoms with E-state index in [-0.39, 0.29) is 11.4 Å². The van der Waals surface area contributed by atoms with Crippen molar-refractivity contribution in [3.63, 3.8) is 0 Å². The van der Waals surface area contributed by atoms with Gasteiger partial charge in [0.1, 0.15) is 12.4 Å². The Hall–Kier alpha value is -2.14. The second-order valence-electron chi connectivity index (χ2n) is 5.75. The lowest BCUT2D eigenvalue weighted by Gasteiger charge is -2.19. The van der Waals surface area contributed by atoms with E-state index in [1.54, 1.807) is 6.07 Å². The number of amidine groups is 1. The van der Waals surface area contributed by atoms with E-state index >= 15 is 0 Å². The van der Waals surface area contributed by atoms with E-state index in [0.29, 0.717) is 24.7 Å². The zero-order valence-electron chi connectivity index (χ0n) is 12.6. The average Bonchev–Trinajstić information content (AvgIpc) is 2.41. The lowest BCUT2D eigenvalue weighted by atomic mass is 10.1. The number of hydrogen-bond donors (Lipinski definition) is 2. The van der Waals surface area contributed by atoms with Crippen molar-refractivity contribution < 1.29 is 9.47 Å². The average molecular weight is 287 g/mol. The monoisotopic (exact) mass is 287 g/mol. The Kier molecular flexibility index (Phi) is 4.43. The molecule has 21 heavy (non-hydrogen) atoms. The van der Waals surface area contributed by atoms with Gasteiger partial charge in [0.15, 0.2) is 0 Å². The fourth-order valence-corrected chi connectivity index (χ4v) is 1.94. The predicted molar refractivity (Wildman–Crippen MR) is 84.0 cm³/mol. The van der Waals surface area contributed by atoms with Gasteiger partial charge in [-0.3, -0.25) is 5.41 Å². The number of nitrogens with zero attached hydrogens (tertiary/aromatic N) is 1. The number of hydrogen-bond acceptors (Lipinski definition) is 4. The summed E-state index contributed by atoms with van der Waals surface area (Å²) < 4.78 is 11.2. The lowest BCUT2D eigenvalue weighted by molar-refractivity contribution is -0.0167. The fraction of sp³-hybridized carbons (Fsp3) is 0.375. The maximum absolute atomic E-state index is 7.68. The summed E-state index contributed by atoms with van der Waals surface area (Å²) in [6.07, 6.45) is 0. The van der Waals surface area contributed by atoms with Crippen LogP contribution in [0.2, 0.25) is 0 Å². The molecular weight excluding hydrogens is 266 g/mol. The number of nitrogens with one attached hydrogen (secondary N) is 1. The number of benzene rings is 1. The van der Waals surface area contributed by atoms with Crippen molar-refractivity contribution in [2.45, 2.75) is 26.4 Å². The van der Waals surface area contributed by atoms with Crippen LogP contribution in [0, 0.1) is 5.41 Å². The summed E-state index contributed by atoms with van der Waals surface area (Å²) in [4.78, 5) is 4.42. The normalized spacial score (nSPS) is 11.6. The molecule has 0 saturated carbocycles. The minimum Gasteiger partial charge on any atom is -0.475 e. The van der Waals surface area contributed by atoms with Crippen molar-refractivity contribution in [3.8, 4) is 5.88 Å². The summed E-state index contributed by atoms with van der Waals surface area (Å²) in [5, 5.41) is 8.53. The first-order valence-electron chi connectivity index (χ1n) is 6.88. The predicted octanol–water partition coefficient (Wildman–Crippen LogP) is 2.71. The molecule has 112 valence electrons. The highest BCUT2D eigenvalue weighted by molar-refractivity contribution is 6.06. The first-order chi connectivity index (χ1) is 9.87. The minimum atomic E-state index is -0.190. The number of rotatable bonds is 5. The van der Waals surface area contributed by atoms with Crippen LogP contribution >= 0.6 is 0 Å². The summed E-state index contributed by atoms with van der Waals surface area (Å²) in [6, 6.07) is 9.26. The Morgan fingerprint density at radius 1 is 1.24 bits per heavy atom. The molecule has 0 saturated heterocycles. The number of pyridine rings is 1. The van der Waals surface area contributed by atoms with Crippen LogP contribution in [0.4, 0.5) is 0 Å². The SMILES string of the molecule is CC(C)(C)OCCOc1cc(C(=N)N)c2ccccc2n1. The van der Waals surface area contributed by atoms with Crippen LogP contribution in [0.1, 0.15) is 26.3 Å². The fourth-order valence-electron chi connectivity index (χ4n) is 1.94. The molecule has 0 radical (unpaired) electrons. The molecule has 5 nitrogen and oxygen atoms in total. The number of fused-ring (bicyclic) bond motifs is 1. The van der Waals surface area contributed by atoms with Crippen molar-refractivity contribution >= 4 is 16.7 Å². The molecule has 0 aliphatic rings. The summed E-state index contributed by atoms with van der Waals surface area (Å²) in [5.74, 6) is 0.459. The van der Waals surface area contributed by atoms with Crippen LogP contribution in [-0.2, 0) is 4.74 Å². The third-order valence-electron chi connectivity index (χ3n) is 2.85. The Morgan fingerprint density at radius 3 is 2.62 bits per heavy atom. The molecule has 0 spiro atoms. The molecule has 2 rings (SSSR count). The minimum absolute atomic E-state index is 0.00407. The molecule has 0 aliphatic heterocycles. The number of aromatic nitrogens is 1. The maximum atomic E-state index is 7.68. The molecule has 1 aromatic heterocycles. The quantitative estimate of drug-likeness (QED) is 0.503. The van der Waals surface area contributed by atoms with Gasteiger partial charge in [0.2, 0.25) is 5.88 Å². The highest BCUT2D eigenvalue weighted by Crippen LogP contribution is 2.21. The number of ether oxygens (including phenoxy) is 2. The van der Waals surface area contributed by atoms with E-state index in [1.165, 1.54) is 0 Å². The van der Waals surface area contributed by atoms with Gasteiger partial charge in [0.05, 0.1) is 17.7 Å². The molecule has 1 heterocycles. The van der Waals surface area contributed by atoms with Gasteiger partial charge in [-0.25, -0.2) is 4.98 Å². The maximum Gasteiger partial charge on any atom is 0.214 e. The van der Waals surface area contributed by atoms with Crippen LogP contribution in [0.3, 0.4) is 0 Å². The van der Waals surface area contributed by atoms with Gasteiger partial charge in [0.25, 0.3) is 0 Å². The summed E-state index contributed by atoms with van der Waals surface area (Å²) in [6.45, 7) is 6.87. The number of nitrogens with two attached hydrogens (primary N) is 1. The van der Waals surface area contributed by atoms with Crippen molar-refractivity contribution in [1.29, 1.82) is 5.41 Å². The zero-order valence-corrected chi connectivity index (χ0v) is 12.6. The first kappa shape index (κ1) is 15.3. The summed E-state index contributed by atoms with van der Waals surface area (Å²) in [5.41, 5.74) is 6.84. The molecule has 5 heteroatoms. The van der Waals surface area contributed by atoms with Gasteiger partial charge in [-0.05, 0) is 26.8 Å². The standard InChI is InChI=1S/C16H21N3O2/c1-16(2,3)21-9-8-20-14-10-12(15(17)18)11-6-4-5-7-13(11)19-14/h4-7,10H,8-9H2,1-3H3,(H3,17,18). The van der Waals surface area contributed by atoms with Gasteiger partial charge in [-0.2, -0.15) is 0 Å². The molecular formula is C16H21N3O2. The summed E-state index contributed by atoms with van der Waals surface area (Å²) >= 11 is 0. The van der Waals surface area contributed by atoms with Crippen LogP contribution in [0.5, 0.6) is 5.88 Å². The topological polar surface area (TPSA) is 81.2 Å². The zero-order chi connectivity index (χ0) is 15.5. The van der Waals surface area contributed by atoms with E-state index in [0.717, 1.165) is 10.9 Å². The van der Waals surface area contributed by atoms with Crippen LogP contribution in [0.15, 0.2) is 30.3 Å². The smallest absolute Gasteiger partial charge is 0.214 e. The van der Waals surface area contributed by atoms with Crippen LogP contribution in [-0.4, -0.2) is 29.6 Å². The Bertz CT molecular complexity index is 648. The molecule has 0 unspecified atom stereocenters. The molecule has 3 N–H and O–H groups in total. The molecule has 0 atom stereocenters. The van der Waals surface area contributed by atoms with Gasteiger partial charge in [0, 0.05) is 17.0 Å². The lowest BCUT2D eigenvalue weighted by Crippen LogP contribution is -2.22. The Labute approximate surface area is 124 Å². The van der Waals surface area contributed by atoms with Crippen molar-refractivity contribution in [2.75, 3.05) is 13.2 Å². The molecule has 0 fully saturated rings. The molecule has 1 aromatic carbocycles. The van der Waals surface area contributed by atoms with Gasteiger partial charge in [-0.15, -0.1) is 0 Å². The third-order valence-corrected chi connectivity index (χ3v) is 2.85. The first-order valence-corrected chi connectivity index (χ1v) is 6.88.